The van der Waals surface area contributed by atoms with Gasteiger partial charge in [0.1, 0.15) is 0 Å². The number of benzene rings is 2. The van der Waals surface area contributed by atoms with Crippen LogP contribution in [0.4, 0.5) is 0 Å². The zero-order chi connectivity index (χ0) is 12.3. The standard InChI is InChI=1S/C13H9ClOS2.Zn/c14-13(15)9-6-7-11(16)12(8-9)17-10-4-2-1-3-5-10;/h1-8,16H;. The van der Waals surface area contributed by atoms with Crippen LogP contribution in [0.25, 0.3) is 0 Å². The van der Waals surface area contributed by atoms with Crippen molar-refractivity contribution in [1.82, 2.24) is 0 Å². The molecule has 0 radical (unpaired) electrons. The predicted octanol–water partition coefficient (Wildman–Crippen LogP) is 4.50. The minimum Gasteiger partial charge on any atom is -0.276 e. The van der Waals surface area contributed by atoms with Gasteiger partial charge in [-0.25, -0.2) is 0 Å². The van der Waals surface area contributed by atoms with Crippen molar-refractivity contribution in [2.75, 3.05) is 0 Å². The fraction of sp³-hybridized carbons (Fsp3) is 0. The van der Waals surface area contributed by atoms with Crippen molar-refractivity contribution >= 4 is 41.2 Å². The summed E-state index contributed by atoms with van der Waals surface area (Å²) in [5, 5.41) is -0.451. The molecule has 0 aliphatic heterocycles. The first-order chi connectivity index (χ1) is 8.16. The minimum atomic E-state index is -0.451. The van der Waals surface area contributed by atoms with E-state index in [1.54, 1.807) is 30.0 Å². The van der Waals surface area contributed by atoms with Gasteiger partial charge < -0.3 is 0 Å². The summed E-state index contributed by atoms with van der Waals surface area (Å²) in [5.41, 5.74) is 0.489. The molecule has 1 nitrogen and oxygen atoms in total. The van der Waals surface area contributed by atoms with E-state index < -0.39 is 5.24 Å². The normalized spacial score (nSPS) is 9.67. The number of hydrogen-bond donors (Lipinski definition) is 1. The maximum atomic E-state index is 11.1. The molecule has 0 aliphatic carbocycles. The number of carbonyl (C=O) groups excluding carboxylic acids is 1. The van der Waals surface area contributed by atoms with Crippen molar-refractivity contribution in [3.05, 3.63) is 54.1 Å². The number of hydrogen-bond acceptors (Lipinski definition) is 3. The molecule has 18 heavy (non-hydrogen) atoms. The Morgan fingerprint density at radius 3 is 2.39 bits per heavy atom. The first-order valence-electron chi connectivity index (χ1n) is 4.92. The van der Waals surface area contributed by atoms with E-state index in [1.165, 1.54) is 0 Å². The molecule has 0 saturated carbocycles. The maximum Gasteiger partial charge on any atom is 0.252 e. The van der Waals surface area contributed by atoms with Crippen LogP contribution < -0.4 is 0 Å². The van der Waals surface area contributed by atoms with Crippen LogP contribution in [0.3, 0.4) is 0 Å². The Morgan fingerprint density at radius 1 is 1.11 bits per heavy atom. The smallest absolute Gasteiger partial charge is 0.252 e. The minimum absolute atomic E-state index is 0. The second kappa shape index (κ2) is 7.35. The number of rotatable bonds is 3. The summed E-state index contributed by atoms with van der Waals surface area (Å²) in [7, 11) is 0. The van der Waals surface area contributed by atoms with E-state index in [-0.39, 0.29) is 19.5 Å². The van der Waals surface area contributed by atoms with E-state index in [9.17, 15) is 4.79 Å². The van der Waals surface area contributed by atoms with Gasteiger partial charge in [-0.1, -0.05) is 30.0 Å². The van der Waals surface area contributed by atoms with E-state index in [1.807, 2.05) is 30.3 Å². The van der Waals surface area contributed by atoms with Gasteiger partial charge in [0, 0.05) is 39.7 Å². The summed E-state index contributed by atoms with van der Waals surface area (Å²) < 4.78 is 0. The van der Waals surface area contributed by atoms with Crippen LogP contribution in [-0.4, -0.2) is 5.24 Å². The van der Waals surface area contributed by atoms with Gasteiger partial charge in [-0.3, -0.25) is 4.79 Å². The molecule has 2 aromatic carbocycles. The van der Waals surface area contributed by atoms with Crippen LogP contribution in [0, 0.1) is 0 Å². The quantitative estimate of drug-likeness (QED) is 0.501. The third kappa shape index (κ3) is 4.13. The van der Waals surface area contributed by atoms with Crippen LogP contribution in [-0.2, 0) is 19.5 Å². The van der Waals surface area contributed by atoms with Gasteiger partial charge in [0.15, 0.2) is 0 Å². The topological polar surface area (TPSA) is 17.1 Å². The van der Waals surface area contributed by atoms with Crippen LogP contribution in [0.5, 0.6) is 0 Å². The molecule has 0 N–H and O–H groups in total. The largest absolute Gasteiger partial charge is 0.276 e. The molecule has 0 heterocycles. The van der Waals surface area contributed by atoms with E-state index in [2.05, 4.69) is 12.6 Å². The van der Waals surface area contributed by atoms with Crippen molar-refractivity contribution in [3.63, 3.8) is 0 Å². The summed E-state index contributed by atoms with van der Waals surface area (Å²) in [6.45, 7) is 0. The summed E-state index contributed by atoms with van der Waals surface area (Å²) in [6, 6.07) is 15.1. The molecular formula is C13H9ClOS2Zn. The Hall–Kier alpha value is -0.277. The SMILES string of the molecule is O=C(Cl)c1ccc(S)c(Sc2ccccc2)c1.[Zn]. The first kappa shape index (κ1) is 15.8. The molecule has 0 unspecified atom stereocenters. The van der Waals surface area contributed by atoms with E-state index in [0.717, 1.165) is 14.7 Å². The zero-order valence-electron chi connectivity index (χ0n) is 9.47. The summed E-state index contributed by atoms with van der Waals surface area (Å²) in [6.07, 6.45) is 0. The Balaban J connectivity index is 0.00000162. The molecule has 0 bridgehead atoms. The van der Waals surface area contributed by atoms with Gasteiger partial charge in [-0.15, -0.1) is 12.6 Å². The van der Waals surface area contributed by atoms with Crippen LogP contribution in [0.15, 0.2) is 63.2 Å². The maximum absolute atomic E-state index is 11.1. The van der Waals surface area contributed by atoms with Gasteiger partial charge in [0.05, 0.1) is 0 Å². The third-order valence-corrected chi connectivity index (χ3v) is 3.98. The Labute approximate surface area is 133 Å². The summed E-state index contributed by atoms with van der Waals surface area (Å²) in [4.78, 5) is 13.9. The van der Waals surface area contributed by atoms with E-state index in [4.69, 9.17) is 11.6 Å². The van der Waals surface area contributed by atoms with Crippen LogP contribution >= 0.6 is 36.0 Å². The fourth-order valence-corrected chi connectivity index (χ4v) is 2.63. The summed E-state index contributed by atoms with van der Waals surface area (Å²) >= 11 is 11.4. The molecule has 0 aromatic heterocycles. The van der Waals surface area contributed by atoms with Gasteiger partial charge in [0.2, 0.25) is 0 Å². The zero-order valence-corrected chi connectivity index (χ0v) is 14.9. The number of halogens is 1. The van der Waals surface area contributed by atoms with Crippen molar-refractivity contribution in [2.24, 2.45) is 0 Å². The average Bonchev–Trinajstić information content (AvgIpc) is 2.33. The molecule has 0 atom stereocenters. The molecule has 2 rings (SSSR count). The Morgan fingerprint density at radius 2 is 1.78 bits per heavy atom. The molecule has 0 spiro atoms. The molecule has 0 saturated heterocycles. The van der Waals surface area contributed by atoms with Crippen molar-refractivity contribution in [3.8, 4) is 0 Å². The van der Waals surface area contributed by atoms with Gasteiger partial charge in [-0.2, -0.15) is 0 Å². The Bertz CT molecular complexity index is 546. The van der Waals surface area contributed by atoms with Crippen molar-refractivity contribution < 1.29 is 24.3 Å². The molecule has 5 heteroatoms. The summed E-state index contributed by atoms with van der Waals surface area (Å²) in [5.74, 6) is 0. The van der Waals surface area contributed by atoms with Gasteiger partial charge >= 0.3 is 0 Å². The fourth-order valence-electron chi connectivity index (χ4n) is 1.33. The molecule has 0 aliphatic rings. The predicted molar refractivity (Wildman–Crippen MR) is 74.4 cm³/mol. The second-order valence-corrected chi connectivity index (χ2v) is 5.31. The second-order valence-electron chi connectivity index (χ2n) is 3.37. The van der Waals surface area contributed by atoms with Gasteiger partial charge in [-0.05, 0) is 41.9 Å². The van der Waals surface area contributed by atoms with E-state index in [0.29, 0.717) is 5.56 Å². The number of thiol groups is 1. The monoisotopic (exact) mass is 344 g/mol. The molecule has 0 fully saturated rings. The van der Waals surface area contributed by atoms with E-state index >= 15 is 0 Å². The molecular weight excluding hydrogens is 337 g/mol. The average molecular weight is 346 g/mol. The molecule has 2 aromatic rings. The molecule has 88 valence electrons. The third-order valence-electron chi connectivity index (χ3n) is 2.16. The van der Waals surface area contributed by atoms with Gasteiger partial charge in [0.25, 0.3) is 5.24 Å². The Kier molecular flexibility index (Phi) is 6.44. The first-order valence-corrected chi connectivity index (χ1v) is 6.57. The van der Waals surface area contributed by atoms with Crippen LogP contribution in [0.1, 0.15) is 10.4 Å². The van der Waals surface area contributed by atoms with Crippen molar-refractivity contribution in [1.29, 1.82) is 0 Å². The van der Waals surface area contributed by atoms with Crippen molar-refractivity contribution in [2.45, 2.75) is 14.7 Å². The number of carbonyl (C=O) groups is 1. The molecule has 0 amide bonds. The van der Waals surface area contributed by atoms with Crippen LogP contribution in [0.2, 0.25) is 0 Å².